The van der Waals surface area contributed by atoms with E-state index >= 15 is 0 Å². The number of carbonyl (C=O) groups excluding carboxylic acids is 1. The monoisotopic (exact) mass is 400 g/mol. The average Bonchev–Trinajstić information content (AvgIpc) is 2.74. The van der Waals surface area contributed by atoms with Crippen LogP contribution in [0.1, 0.15) is 15.9 Å². The first-order chi connectivity index (χ1) is 14.4. The number of rotatable bonds is 4. The Morgan fingerprint density at radius 2 is 1.73 bits per heavy atom. The van der Waals surface area contributed by atoms with Crippen LogP contribution in [0.15, 0.2) is 82.0 Å². The summed E-state index contributed by atoms with van der Waals surface area (Å²) in [6.45, 7) is 1.69. The average molecular weight is 400 g/mol. The van der Waals surface area contributed by atoms with E-state index in [4.69, 9.17) is 4.42 Å². The van der Waals surface area contributed by atoms with Crippen LogP contribution in [0.2, 0.25) is 0 Å². The van der Waals surface area contributed by atoms with Gasteiger partial charge in [-0.1, -0.05) is 30.3 Å². The number of non-ortho nitro benzene ring substituents is 1. The Morgan fingerprint density at radius 1 is 1.00 bits per heavy atom. The molecule has 4 rings (SSSR count). The Morgan fingerprint density at radius 3 is 2.43 bits per heavy atom. The minimum atomic E-state index is -0.485. The number of nitro groups is 1. The number of nitrogens with one attached hydrogen (secondary N) is 1. The molecule has 3 aromatic carbocycles. The van der Waals surface area contributed by atoms with E-state index in [1.165, 1.54) is 18.2 Å². The van der Waals surface area contributed by atoms with E-state index in [1.807, 2.05) is 12.1 Å². The van der Waals surface area contributed by atoms with Crippen molar-refractivity contribution in [2.45, 2.75) is 6.92 Å². The van der Waals surface area contributed by atoms with Crippen molar-refractivity contribution in [3.05, 3.63) is 104 Å². The molecule has 0 fully saturated rings. The Labute approximate surface area is 170 Å². The van der Waals surface area contributed by atoms with Crippen LogP contribution in [0.5, 0.6) is 0 Å². The van der Waals surface area contributed by atoms with E-state index in [9.17, 15) is 19.7 Å². The molecule has 0 aliphatic rings. The maximum Gasteiger partial charge on any atom is 0.344 e. The number of aryl methyl sites for hydroxylation is 1. The van der Waals surface area contributed by atoms with Crippen LogP contribution in [0, 0.1) is 17.0 Å². The number of anilines is 1. The minimum absolute atomic E-state index is 0.0379. The van der Waals surface area contributed by atoms with Crippen molar-refractivity contribution >= 4 is 28.3 Å². The number of nitrogens with zero attached hydrogens (tertiary/aromatic N) is 1. The van der Waals surface area contributed by atoms with E-state index < -0.39 is 10.5 Å². The molecule has 0 aliphatic heterocycles. The van der Waals surface area contributed by atoms with Gasteiger partial charge in [0.2, 0.25) is 0 Å². The quantitative estimate of drug-likeness (QED) is 0.297. The van der Waals surface area contributed by atoms with Gasteiger partial charge in [0, 0.05) is 28.8 Å². The third-order valence-electron chi connectivity index (χ3n) is 4.77. The van der Waals surface area contributed by atoms with Crippen LogP contribution in [-0.4, -0.2) is 10.8 Å². The van der Waals surface area contributed by atoms with Crippen LogP contribution in [0.3, 0.4) is 0 Å². The molecule has 0 spiro atoms. The summed E-state index contributed by atoms with van der Waals surface area (Å²) in [4.78, 5) is 35.2. The maximum atomic E-state index is 12.5. The third kappa shape index (κ3) is 3.68. The molecule has 0 saturated carbocycles. The second-order valence-electron chi connectivity index (χ2n) is 6.77. The lowest BCUT2D eigenvalue weighted by molar-refractivity contribution is -0.384. The molecule has 0 atom stereocenters. The third-order valence-corrected chi connectivity index (χ3v) is 4.77. The minimum Gasteiger partial charge on any atom is -0.422 e. The van der Waals surface area contributed by atoms with Crippen molar-refractivity contribution in [3.8, 4) is 11.1 Å². The van der Waals surface area contributed by atoms with Gasteiger partial charge in [-0.2, -0.15) is 0 Å². The molecule has 1 amide bonds. The number of fused-ring (bicyclic) bond motifs is 1. The molecule has 7 heteroatoms. The fraction of sp³-hybridized carbons (Fsp3) is 0.0435. The highest BCUT2D eigenvalue weighted by Crippen LogP contribution is 2.24. The van der Waals surface area contributed by atoms with Crippen LogP contribution in [0.4, 0.5) is 11.4 Å². The Hall–Kier alpha value is -4.26. The summed E-state index contributed by atoms with van der Waals surface area (Å²) in [5.74, 6) is -0.357. The highest BCUT2D eigenvalue weighted by atomic mass is 16.6. The summed E-state index contributed by atoms with van der Waals surface area (Å²) in [5.41, 5.74) is 2.54. The molecule has 0 saturated heterocycles. The molecule has 0 radical (unpaired) electrons. The smallest absolute Gasteiger partial charge is 0.344 e. The molecular formula is C23H16N2O5. The zero-order valence-electron chi connectivity index (χ0n) is 15.9. The van der Waals surface area contributed by atoms with E-state index in [1.54, 1.807) is 49.4 Å². The molecule has 0 unspecified atom stereocenters. The zero-order valence-corrected chi connectivity index (χ0v) is 15.9. The predicted octanol–water partition coefficient (Wildman–Crippen LogP) is 4.93. The van der Waals surface area contributed by atoms with Gasteiger partial charge in [0.25, 0.3) is 11.6 Å². The first-order valence-electron chi connectivity index (χ1n) is 9.12. The molecular weight excluding hydrogens is 384 g/mol. The lowest BCUT2D eigenvalue weighted by atomic mass is 10.0. The number of hydrogen-bond donors (Lipinski definition) is 1. The number of amides is 1. The number of para-hydroxylation sites is 1. The van der Waals surface area contributed by atoms with Crippen molar-refractivity contribution in [2.24, 2.45) is 0 Å². The predicted molar refractivity (Wildman–Crippen MR) is 114 cm³/mol. The van der Waals surface area contributed by atoms with Crippen molar-refractivity contribution in [2.75, 3.05) is 5.32 Å². The maximum absolute atomic E-state index is 12.5. The van der Waals surface area contributed by atoms with Crippen molar-refractivity contribution in [1.29, 1.82) is 0 Å². The largest absolute Gasteiger partial charge is 0.422 e. The fourth-order valence-electron chi connectivity index (χ4n) is 3.16. The zero-order chi connectivity index (χ0) is 21.3. The van der Waals surface area contributed by atoms with Crippen molar-refractivity contribution in [1.82, 2.24) is 0 Å². The van der Waals surface area contributed by atoms with Gasteiger partial charge < -0.3 is 9.73 Å². The summed E-state index contributed by atoms with van der Waals surface area (Å²) in [6.07, 6.45) is 0. The van der Waals surface area contributed by atoms with Gasteiger partial charge in [0.1, 0.15) is 5.58 Å². The standard InChI is InChI=1S/C23H16N2O5/c1-14-12-18(25(28)29)10-11-20(14)24-22(26)16-8-6-15(7-9-16)19-13-17-4-2-3-5-21(17)30-23(19)27/h2-13H,1H3,(H,24,26). The number of nitro benzene ring substituents is 1. The fourth-order valence-corrected chi connectivity index (χ4v) is 3.16. The Balaban J connectivity index is 1.58. The first-order valence-corrected chi connectivity index (χ1v) is 9.12. The summed E-state index contributed by atoms with van der Waals surface area (Å²) >= 11 is 0. The highest BCUT2D eigenvalue weighted by molar-refractivity contribution is 6.05. The van der Waals surface area contributed by atoms with Gasteiger partial charge in [0.05, 0.1) is 10.5 Å². The van der Waals surface area contributed by atoms with Gasteiger partial charge in [-0.25, -0.2) is 4.79 Å². The van der Waals surface area contributed by atoms with Gasteiger partial charge in [0.15, 0.2) is 0 Å². The molecule has 0 aliphatic carbocycles. The van der Waals surface area contributed by atoms with E-state index in [-0.39, 0.29) is 11.6 Å². The van der Waals surface area contributed by atoms with Gasteiger partial charge in [-0.3, -0.25) is 14.9 Å². The number of carbonyl (C=O) groups is 1. The Bertz CT molecular complexity index is 1340. The van der Waals surface area contributed by atoms with Gasteiger partial charge in [-0.15, -0.1) is 0 Å². The van der Waals surface area contributed by atoms with Crippen molar-refractivity contribution < 1.29 is 14.1 Å². The van der Waals surface area contributed by atoms with E-state index in [0.717, 1.165) is 5.39 Å². The molecule has 148 valence electrons. The lowest BCUT2D eigenvalue weighted by Gasteiger charge is -2.09. The molecule has 1 N–H and O–H groups in total. The van der Waals surface area contributed by atoms with Crippen LogP contribution >= 0.6 is 0 Å². The second-order valence-corrected chi connectivity index (χ2v) is 6.77. The normalized spacial score (nSPS) is 10.7. The summed E-state index contributed by atoms with van der Waals surface area (Å²) in [6, 6.07) is 19.8. The summed E-state index contributed by atoms with van der Waals surface area (Å²) in [7, 11) is 0. The molecule has 4 aromatic rings. The van der Waals surface area contributed by atoms with Gasteiger partial charge >= 0.3 is 5.63 Å². The topological polar surface area (TPSA) is 102 Å². The van der Waals surface area contributed by atoms with E-state index in [0.29, 0.717) is 33.5 Å². The first kappa shape index (κ1) is 19.1. The molecule has 1 aromatic heterocycles. The summed E-state index contributed by atoms with van der Waals surface area (Å²) < 4.78 is 5.36. The van der Waals surface area contributed by atoms with E-state index in [2.05, 4.69) is 5.32 Å². The molecule has 30 heavy (non-hydrogen) atoms. The lowest BCUT2D eigenvalue weighted by Crippen LogP contribution is -2.13. The second kappa shape index (κ2) is 7.63. The highest BCUT2D eigenvalue weighted by Gasteiger charge is 2.13. The molecule has 7 nitrogen and oxygen atoms in total. The number of hydrogen-bond acceptors (Lipinski definition) is 5. The van der Waals surface area contributed by atoms with Crippen LogP contribution in [-0.2, 0) is 0 Å². The molecule has 1 heterocycles. The molecule has 0 bridgehead atoms. The Kier molecular flexibility index (Phi) is 4.85. The van der Waals surface area contributed by atoms with Crippen LogP contribution < -0.4 is 10.9 Å². The van der Waals surface area contributed by atoms with Crippen LogP contribution in [0.25, 0.3) is 22.1 Å². The van der Waals surface area contributed by atoms with Crippen molar-refractivity contribution in [3.63, 3.8) is 0 Å². The number of benzene rings is 3. The van der Waals surface area contributed by atoms with Gasteiger partial charge in [-0.05, 0) is 48.4 Å². The SMILES string of the molecule is Cc1cc([N+](=O)[O-])ccc1NC(=O)c1ccc(-c2cc3ccccc3oc2=O)cc1. The summed E-state index contributed by atoms with van der Waals surface area (Å²) in [5, 5.41) is 14.4.